The Balaban J connectivity index is 1.69. The van der Waals surface area contributed by atoms with Gasteiger partial charge in [0.25, 0.3) is 0 Å². The number of hydrogen-bond acceptors (Lipinski definition) is 6. The van der Waals surface area contributed by atoms with Gasteiger partial charge in [-0.05, 0) is 24.3 Å². The van der Waals surface area contributed by atoms with Gasteiger partial charge in [-0.1, -0.05) is 42.5 Å². The summed E-state index contributed by atoms with van der Waals surface area (Å²) in [5, 5.41) is 11.4. The van der Waals surface area contributed by atoms with Crippen LogP contribution in [0.2, 0.25) is 0 Å². The molecule has 0 amide bonds. The van der Waals surface area contributed by atoms with Crippen molar-refractivity contribution in [1.29, 1.82) is 0 Å². The molecule has 2 heterocycles. The van der Waals surface area contributed by atoms with Crippen LogP contribution in [0.3, 0.4) is 0 Å². The van der Waals surface area contributed by atoms with Gasteiger partial charge in [0.1, 0.15) is 17.1 Å². The van der Waals surface area contributed by atoms with Gasteiger partial charge in [-0.3, -0.25) is 14.4 Å². The minimum Gasteiger partial charge on any atom is -0.507 e. The predicted molar refractivity (Wildman–Crippen MR) is 113 cm³/mol. The summed E-state index contributed by atoms with van der Waals surface area (Å²) in [6.07, 6.45) is 1.15. The van der Waals surface area contributed by atoms with Crippen molar-refractivity contribution in [2.24, 2.45) is 0 Å². The normalized spacial score (nSPS) is 15.4. The number of fused-ring (bicyclic) bond motifs is 2. The molecule has 6 nitrogen and oxygen atoms in total. The molecule has 5 rings (SSSR count). The summed E-state index contributed by atoms with van der Waals surface area (Å²) in [7, 11) is 0. The lowest BCUT2D eigenvalue weighted by atomic mass is 9.84. The Morgan fingerprint density at radius 1 is 0.935 bits per heavy atom. The second-order valence-electron chi connectivity index (χ2n) is 7.32. The van der Waals surface area contributed by atoms with E-state index >= 15 is 0 Å². The summed E-state index contributed by atoms with van der Waals surface area (Å²) in [5.74, 6) is -1.90. The molecule has 0 spiro atoms. The lowest BCUT2D eigenvalue weighted by Crippen LogP contribution is -2.25. The summed E-state index contributed by atoms with van der Waals surface area (Å²) in [6, 6.07) is 18.2. The van der Waals surface area contributed by atoms with Crippen LogP contribution < -0.4 is 10.2 Å². The molecule has 1 atom stereocenters. The Labute approximate surface area is 176 Å². The maximum Gasteiger partial charge on any atom is 0.312 e. The summed E-state index contributed by atoms with van der Waals surface area (Å²) in [5.41, 5.74) is 1.05. The third-order valence-corrected chi connectivity index (χ3v) is 5.48. The molecule has 0 bridgehead atoms. The van der Waals surface area contributed by atoms with Gasteiger partial charge in [-0.2, -0.15) is 0 Å². The predicted octanol–water partition coefficient (Wildman–Crippen LogP) is 4.17. The van der Waals surface area contributed by atoms with Crippen molar-refractivity contribution in [1.82, 2.24) is 0 Å². The fraction of sp³-hybridized carbons (Fsp3) is 0.0800. The number of ketones is 1. The van der Waals surface area contributed by atoms with Crippen LogP contribution >= 0.6 is 0 Å². The van der Waals surface area contributed by atoms with Crippen LogP contribution in [-0.2, 0) is 4.79 Å². The summed E-state index contributed by atoms with van der Waals surface area (Å²) in [6.45, 7) is 0. The number of benzene rings is 3. The average Bonchev–Trinajstić information content (AvgIpc) is 2.79. The first-order chi connectivity index (χ1) is 15.0. The Bertz CT molecular complexity index is 1400. The molecule has 1 N–H and O–H groups in total. The van der Waals surface area contributed by atoms with E-state index in [9.17, 15) is 19.5 Å². The highest BCUT2D eigenvalue weighted by atomic mass is 16.5. The van der Waals surface area contributed by atoms with E-state index in [2.05, 4.69) is 0 Å². The van der Waals surface area contributed by atoms with Gasteiger partial charge in [-0.15, -0.1) is 0 Å². The molecule has 0 saturated carbocycles. The van der Waals surface area contributed by atoms with Crippen LogP contribution in [0.25, 0.3) is 11.0 Å². The third-order valence-electron chi connectivity index (χ3n) is 5.48. The van der Waals surface area contributed by atoms with Crippen molar-refractivity contribution in [3.63, 3.8) is 0 Å². The molecule has 1 aliphatic rings. The zero-order valence-electron chi connectivity index (χ0n) is 16.2. The zero-order valence-corrected chi connectivity index (χ0v) is 16.2. The second-order valence-corrected chi connectivity index (χ2v) is 7.32. The third kappa shape index (κ3) is 3.09. The molecule has 0 unspecified atom stereocenters. The molecule has 152 valence electrons. The molecular weight excluding hydrogens is 396 g/mol. The highest BCUT2D eigenvalue weighted by Gasteiger charge is 2.35. The van der Waals surface area contributed by atoms with Gasteiger partial charge in [0.2, 0.25) is 0 Å². The second kappa shape index (κ2) is 7.25. The van der Waals surface area contributed by atoms with Crippen molar-refractivity contribution in [2.75, 3.05) is 0 Å². The van der Waals surface area contributed by atoms with Gasteiger partial charge in [0.15, 0.2) is 11.2 Å². The fourth-order valence-electron chi connectivity index (χ4n) is 3.98. The molecular formula is C25H16O6. The molecule has 31 heavy (non-hydrogen) atoms. The number of carbonyl (C=O) groups is 2. The molecule has 1 aliphatic heterocycles. The smallest absolute Gasteiger partial charge is 0.312 e. The molecule has 3 aromatic carbocycles. The van der Waals surface area contributed by atoms with E-state index in [0.717, 1.165) is 0 Å². The highest BCUT2D eigenvalue weighted by molar-refractivity contribution is 6.11. The average molecular weight is 412 g/mol. The van der Waals surface area contributed by atoms with Crippen molar-refractivity contribution in [3.8, 4) is 11.5 Å². The van der Waals surface area contributed by atoms with E-state index in [1.807, 2.05) is 0 Å². The number of rotatable bonds is 3. The SMILES string of the molecule is O=C1C[C@H](c2coc3ccccc3c2=O)c2c(ccc(C(=O)c3ccccc3)c2O)O1. The Kier molecular flexibility index (Phi) is 4.40. The quantitative estimate of drug-likeness (QED) is 0.308. The van der Waals surface area contributed by atoms with Gasteiger partial charge < -0.3 is 14.3 Å². The van der Waals surface area contributed by atoms with Gasteiger partial charge in [-0.25, -0.2) is 0 Å². The summed E-state index contributed by atoms with van der Waals surface area (Å²) in [4.78, 5) is 38.3. The first kappa shape index (κ1) is 18.8. The lowest BCUT2D eigenvalue weighted by Gasteiger charge is -2.26. The van der Waals surface area contributed by atoms with Crippen LogP contribution in [0.1, 0.15) is 39.4 Å². The monoisotopic (exact) mass is 412 g/mol. The molecule has 0 saturated heterocycles. The van der Waals surface area contributed by atoms with Crippen LogP contribution in [-0.4, -0.2) is 16.9 Å². The first-order valence-corrected chi connectivity index (χ1v) is 9.71. The summed E-state index contributed by atoms with van der Waals surface area (Å²) < 4.78 is 10.9. The van der Waals surface area contributed by atoms with Crippen LogP contribution in [0.4, 0.5) is 0 Å². The van der Waals surface area contributed by atoms with E-state index < -0.39 is 11.9 Å². The van der Waals surface area contributed by atoms with E-state index in [0.29, 0.717) is 16.5 Å². The molecule has 6 heteroatoms. The standard InChI is InChI=1S/C25H16O6/c26-21-12-17(18-13-30-19-9-5-4-8-15(19)24(18)28)22-20(31-21)11-10-16(25(22)29)23(27)14-6-2-1-3-7-14/h1-11,13,17,29H,12H2/t17-/m1/s1. The van der Waals surface area contributed by atoms with Crippen molar-refractivity contribution >= 4 is 22.7 Å². The van der Waals surface area contributed by atoms with E-state index in [4.69, 9.17) is 9.15 Å². The first-order valence-electron chi connectivity index (χ1n) is 9.71. The van der Waals surface area contributed by atoms with Crippen LogP contribution in [0, 0.1) is 0 Å². The zero-order chi connectivity index (χ0) is 21.5. The Morgan fingerprint density at radius 2 is 1.68 bits per heavy atom. The Morgan fingerprint density at radius 3 is 2.48 bits per heavy atom. The number of aromatic hydroxyl groups is 1. The minimum absolute atomic E-state index is 0.0677. The van der Waals surface area contributed by atoms with Crippen LogP contribution in [0.5, 0.6) is 11.5 Å². The van der Waals surface area contributed by atoms with E-state index in [1.165, 1.54) is 18.4 Å². The topological polar surface area (TPSA) is 93.8 Å². The maximum atomic E-state index is 13.1. The largest absolute Gasteiger partial charge is 0.507 e. The van der Waals surface area contributed by atoms with Gasteiger partial charge in [0.05, 0.1) is 23.6 Å². The van der Waals surface area contributed by atoms with E-state index in [-0.39, 0.29) is 45.8 Å². The number of esters is 1. The molecule has 4 aromatic rings. The van der Waals surface area contributed by atoms with Crippen molar-refractivity contribution in [3.05, 3.63) is 105 Å². The number of ether oxygens (including phenoxy) is 1. The van der Waals surface area contributed by atoms with Crippen LogP contribution in [0.15, 0.2) is 82.2 Å². The van der Waals surface area contributed by atoms with Crippen molar-refractivity contribution < 1.29 is 23.8 Å². The number of para-hydroxylation sites is 1. The maximum absolute atomic E-state index is 13.1. The van der Waals surface area contributed by atoms with Gasteiger partial charge >= 0.3 is 5.97 Å². The Hall–Kier alpha value is -4.19. The molecule has 0 fully saturated rings. The molecule has 1 aromatic heterocycles. The molecule has 0 radical (unpaired) electrons. The number of phenols is 1. The lowest BCUT2D eigenvalue weighted by molar-refractivity contribution is -0.135. The number of hydrogen-bond donors (Lipinski definition) is 1. The molecule has 0 aliphatic carbocycles. The van der Waals surface area contributed by atoms with E-state index in [1.54, 1.807) is 54.6 Å². The number of phenolic OH excluding ortho intramolecular Hbond substituents is 1. The highest BCUT2D eigenvalue weighted by Crippen LogP contribution is 2.45. The van der Waals surface area contributed by atoms with Gasteiger partial charge in [0, 0.05) is 22.6 Å². The summed E-state index contributed by atoms with van der Waals surface area (Å²) >= 11 is 0. The fourth-order valence-corrected chi connectivity index (χ4v) is 3.98. The number of carbonyl (C=O) groups excluding carboxylic acids is 2. The van der Waals surface area contributed by atoms with Crippen molar-refractivity contribution in [2.45, 2.75) is 12.3 Å². The minimum atomic E-state index is -0.805.